The van der Waals surface area contributed by atoms with Crippen LogP contribution in [0.5, 0.6) is 0 Å². The summed E-state index contributed by atoms with van der Waals surface area (Å²) in [7, 11) is 0. The van der Waals surface area contributed by atoms with Gasteiger partial charge in [-0.1, -0.05) is 30.3 Å². The molecule has 1 aromatic heterocycles. The van der Waals surface area contributed by atoms with Gasteiger partial charge in [0.2, 0.25) is 0 Å². The molecule has 2 aliphatic rings. The summed E-state index contributed by atoms with van der Waals surface area (Å²) in [5.74, 6) is 0. The average Bonchev–Trinajstić information content (AvgIpc) is 3.18. The summed E-state index contributed by atoms with van der Waals surface area (Å²) in [5, 5.41) is 2.35. The second-order valence-corrected chi connectivity index (χ2v) is 10.2. The highest BCUT2D eigenvalue weighted by atomic mass is 16.6. The second kappa shape index (κ2) is 8.69. The highest BCUT2D eigenvalue weighted by Gasteiger charge is 2.33. The number of hydrogen-bond acceptors (Lipinski definition) is 4. The van der Waals surface area contributed by atoms with Gasteiger partial charge in [-0.2, -0.15) is 0 Å². The van der Waals surface area contributed by atoms with Gasteiger partial charge < -0.3 is 9.64 Å². The standard InChI is InChI=1S/C28H33N3O2/c1-28(2,3)33-27(32)31-15-8-7-11-24(31)26-23-18-25-22(17-21(23)12-14-29-26)13-16-30(25)19-20-9-5-4-6-10-20/h4-6,9-10,12,14,17-18,24H,7-8,11,13,15-16,19H2,1-3H3. The molecule has 5 nitrogen and oxygen atoms in total. The first-order valence-corrected chi connectivity index (χ1v) is 12.1. The van der Waals surface area contributed by atoms with E-state index < -0.39 is 5.60 Å². The van der Waals surface area contributed by atoms with Crippen molar-refractivity contribution in [2.24, 2.45) is 0 Å². The van der Waals surface area contributed by atoms with Gasteiger partial charge in [-0.15, -0.1) is 0 Å². The second-order valence-electron chi connectivity index (χ2n) is 10.2. The Morgan fingerprint density at radius 1 is 1.09 bits per heavy atom. The molecule has 2 aromatic carbocycles. The third-order valence-electron chi connectivity index (χ3n) is 6.65. The zero-order valence-corrected chi connectivity index (χ0v) is 19.9. The van der Waals surface area contributed by atoms with Crippen molar-refractivity contribution < 1.29 is 9.53 Å². The van der Waals surface area contributed by atoms with Crippen molar-refractivity contribution in [2.75, 3.05) is 18.0 Å². The number of carbonyl (C=O) groups is 1. The number of piperidine rings is 1. The minimum absolute atomic E-state index is 0.0562. The summed E-state index contributed by atoms with van der Waals surface area (Å²) in [4.78, 5) is 22.2. The quantitative estimate of drug-likeness (QED) is 0.479. The fourth-order valence-electron chi connectivity index (χ4n) is 5.14. The Labute approximate surface area is 196 Å². The van der Waals surface area contributed by atoms with E-state index >= 15 is 0 Å². The van der Waals surface area contributed by atoms with Crippen LogP contribution in [0.15, 0.2) is 54.7 Å². The van der Waals surface area contributed by atoms with Crippen LogP contribution >= 0.6 is 0 Å². The van der Waals surface area contributed by atoms with Gasteiger partial charge in [-0.05, 0) is 81.2 Å². The van der Waals surface area contributed by atoms with Crippen molar-refractivity contribution in [1.29, 1.82) is 0 Å². The van der Waals surface area contributed by atoms with Gasteiger partial charge in [0.1, 0.15) is 5.60 Å². The number of anilines is 1. The summed E-state index contributed by atoms with van der Waals surface area (Å²) in [6.07, 6.45) is 5.72. The van der Waals surface area contributed by atoms with Gasteiger partial charge in [0.05, 0.1) is 11.7 Å². The van der Waals surface area contributed by atoms with E-state index in [1.54, 1.807) is 0 Å². The molecule has 3 heterocycles. The number of fused-ring (bicyclic) bond motifs is 2. The van der Waals surface area contributed by atoms with Crippen LogP contribution in [-0.2, 0) is 17.7 Å². The van der Waals surface area contributed by atoms with E-state index in [0.717, 1.165) is 49.9 Å². The lowest BCUT2D eigenvalue weighted by atomic mass is 9.94. The molecular weight excluding hydrogens is 410 g/mol. The summed E-state index contributed by atoms with van der Waals surface area (Å²) >= 11 is 0. The Hall–Kier alpha value is -3.08. The predicted octanol–water partition coefficient (Wildman–Crippen LogP) is 6.26. The van der Waals surface area contributed by atoms with E-state index in [-0.39, 0.29) is 12.1 Å². The summed E-state index contributed by atoms with van der Waals surface area (Å²) in [6.45, 7) is 8.40. The summed E-state index contributed by atoms with van der Waals surface area (Å²) in [6, 6.07) is 17.3. The van der Waals surface area contributed by atoms with Crippen LogP contribution in [0.2, 0.25) is 0 Å². The van der Waals surface area contributed by atoms with Gasteiger partial charge in [0, 0.05) is 36.9 Å². The number of nitrogens with zero attached hydrogens (tertiary/aromatic N) is 3. The molecule has 2 aliphatic heterocycles. The maximum atomic E-state index is 13.0. The van der Waals surface area contributed by atoms with E-state index in [9.17, 15) is 4.79 Å². The molecule has 0 spiro atoms. The van der Waals surface area contributed by atoms with Crippen molar-refractivity contribution in [3.05, 3.63) is 71.5 Å². The third kappa shape index (κ3) is 4.54. The van der Waals surface area contributed by atoms with Crippen LogP contribution in [0, 0.1) is 0 Å². The van der Waals surface area contributed by atoms with Crippen LogP contribution < -0.4 is 4.90 Å². The molecule has 1 saturated heterocycles. The first kappa shape index (κ1) is 21.7. The van der Waals surface area contributed by atoms with E-state index in [1.807, 2.05) is 31.9 Å². The molecule has 1 atom stereocenters. The number of hydrogen-bond donors (Lipinski definition) is 0. The Bertz CT molecular complexity index is 1150. The van der Waals surface area contributed by atoms with Crippen molar-refractivity contribution in [1.82, 2.24) is 9.88 Å². The Morgan fingerprint density at radius 3 is 2.70 bits per heavy atom. The largest absolute Gasteiger partial charge is 0.444 e. The molecule has 0 radical (unpaired) electrons. The van der Waals surface area contributed by atoms with Crippen molar-refractivity contribution >= 4 is 22.6 Å². The molecule has 33 heavy (non-hydrogen) atoms. The minimum Gasteiger partial charge on any atom is -0.444 e. The molecule has 1 amide bonds. The lowest BCUT2D eigenvalue weighted by Gasteiger charge is -2.37. The van der Waals surface area contributed by atoms with Gasteiger partial charge in [-0.25, -0.2) is 4.79 Å². The van der Waals surface area contributed by atoms with Crippen LogP contribution in [0.25, 0.3) is 10.8 Å². The van der Waals surface area contributed by atoms with E-state index in [4.69, 9.17) is 9.72 Å². The van der Waals surface area contributed by atoms with Gasteiger partial charge in [-0.3, -0.25) is 9.88 Å². The van der Waals surface area contributed by atoms with Crippen LogP contribution in [0.4, 0.5) is 10.5 Å². The van der Waals surface area contributed by atoms with Gasteiger partial charge >= 0.3 is 6.09 Å². The third-order valence-corrected chi connectivity index (χ3v) is 6.65. The Kier molecular flexibility index (Phi) is 5.73. The zero-order valence-electron chi connectivity index (χ0n) is 19.9. The van der Waals surface area contributed by atoms with Crippen molar-refractivity contribution in [3.8, 4) is 0 Å². The van der Waals surface area contributed by atoms with Gasteiger partial charge in [0.15, 0.2) is 0 Å². The molecule has 0 N–H and O–H groups in total. The number of rotatable bonds is 3. The van der Waals surface area contributed by atoms with E-state index in [0.29, 0.717) is 6.54 Å². The summed E-state index contributed by atoms with van der Waals surface area (Å²) in [5.41, 5.74) is 4.49. The SMILES string of the molecule is CC(C)(C)OC(=O)N1CCCCC1c1nccc2cc3c(cc12)N(Cc1ccccc1)CC3. The lowest BCUT2D eigenvalue weighted by molar-refractivity contribution is 0.00920. The van der Waals surface area contributed by atoms with E-state index in [1.165, 1.54) is 22.2 Å². The number of ether oxygens (including phenoxy) is 1. The van der Waals surface area contributed by atoms with Gasteiger partial charge in [0.25, 0.3) is 0 Å². The van der Waals surface area contributed by atoms with Crippen LogP contribution in [0.1, 0.15) is 62.9 Å². The zero-order chi connectivity index (χ0) is 23.0. The predicted molar refractivity (Wildman–Crippen MR) is 132 cm³/mol. The number of amides is 1. The summed E-state index contributed by atoms with van der Waals surface area (Å²) < 4.78 is 5.75. The molecule has 0 aliphatic carbocycles. The fourth-order valence-corrected chi connectivity index (χ4v) is 5.14. The van der Waals surface area contributed by atoms with E-state index in [2.05, 4.69) is 53.4 Å². The fraction of sp³-hybridized carbons (Fsp3) is 0.429. The Balaban J connectivity index is 1.51. The molecule has 3 aromatic rings. The van der Waals surface area contributed by atoms with Crippen LogP contribution in [-0.4, -0.2) is 34.7 Å². The molecule has 1 unspecified atom stereocenters. The normalized spacial score (nSPS) is 18.5. The highest BCUT2D eigenvalue weighted by Crippen LogP contribution is 2.39. The molecular formula is C28H33N3O2. The number of pyridine rings is 1. The van der Waals surface area contributed by atoms with Crippen molar-refractivity contribution in [3.63, 3.8) is 0 Å². The maximum Gasteiger partial charge on any atom is 0.410 e. The smallest absolute Gasteiger partial charge is 0.410 e. The highest BCUT2D eigenvalue weighted by molar-refractivity contribution is 5.90. The first-order chi connectivity index (χ1) is 15.9. The molecule has 5 heteroatoms. The number of benzene rings is 2. The molecule has 0 bridgehead atoms. The maximum absolute atomic E-state index is 13.0. The molecule has 172 valence electrons. The molecule has 5 rings (SSSR count). The molecule has 0 saturated carbocycles. The first-order valence-electron chi connectivity index (χ1n) is 12.1. The van der Waals surface area contributed by atoms with Crippen molar-refractivity contribution in [2.45, 2.75) is 64.6 Å². The number of likely N-dealkylation sites (tertiary alicyclic amines) is 1. The minimum atomic E-state index is -0.510. The van der Waals surface area contributed by atoms with Crippen LogP contribution in [0.3, 0.4) is 0 Å². The monoisotopic (exact) mass is 443 g/mol. The average molecular weight is 444 g/mol. The number of aromatic nitrogens is 1. The number of carbonyl (C=O) groups excluding carboxylic acids is 1. The molecule has 1 fully saturated rings. The Morgan fingerprint density at radius 2 is 1.91 bits per heavy atom. The lowest BCUT2D eigenvalue weighted by Crippen LogP contribution is -2.42. The topological polar surface area (TPSA) is 45.7 Å².